The molecule has 3 nitrogen and oxygen atoms in total. The molecule has 100 valence electrons. The Bertz CT molecular complexity index is 541. The average molecular weight is 256 g/mol. The molecular formula is C16H20N2O. The summed E-state index contributed by atoms with van der Waals surface area (Å²) in [4.78, 5) is 0. The van der Waals surface area contributed by atoms with Crippen molar-refractivity contribution in [3.8, 4) is 0 Å². The van der Waals surface area contributed by atoms with Gasteiger partial charge in [0.2, 0.25) is 0 Å². The molecule has 1 aromatic rings. The van der Waals surface area contributed by atoms with Crippen LogP contribution >= 0.6 is 0 Å². The molecule has 1 aromatic carbocycles. The maximum atomic E-state index is 10.6. The number of benzene rings is 1. The van der Waals surface area contributed by atoms with Crippen molar-refractivity contribution in [2.75, 3.05) is 11.9 Å². The molecule has 1 saturated heterocycles. The number of hydrogen-bond donors (Lipinski definition) is 3. The maximum Gasteiger partial charge on any atom is 0.0744 e. The van der Waals surface area contributed by atoms with Crippen molar-refractivity contribution in [3.05, 3.63) is 29.8 Å². The molecule has 2 aliphatic heterocycles. The van der Waals surface area contributed by atoms with Gasteiger partial charge in [-0.1, -0.05) is 18.2 Å². The van der Waals surface area contributed by atoms with Gasteiger partial charge in [-0.15, -0.1) is 0 Å². The number of rotatable bonds is 0. The number of hydrogen-bond acceptors (Lipinski definition) is 3. The predicted octanol–water partition coefficient (Wildman–Crippen LogP) is 1.48. The van der Waals surface area contributed by atoms with Gasteiger partial charge in [-0.05, 0) is 43.4 Å². The average Bonchev–Trinajstić information content (AvgIpc) is 2.79. The van der Waals surface area contributed by atoms with Crippen LogP contribution in [0.1, 0.15) is 24.8 Å². The summed E-state index contributed by atoms with van der Waals surface area (Å²) < 4.78 is 0. The van der Waals surface area contributed by atoms with Crippen LogP contribution in [0, 0.1) is 11.8 Å². The van der Waals surface area contributed by atoms with E-state index in [1.54, 1.807) is 0 Å². The SMILES string of the molecule is OC1C2CCC3C1NCCC31c3ccccc3NC21. The second kappa shape index (κ2) is 3.33. The third-order valence-corrected chi connectivity index (χ3v) is 6.35. The van der Waals surface area contributed by atoms with Gasteiger partial charge < -0.3 is 15.7 Å². The predicted molar refractivity (Wildman–Crippen MR) is 74.2 cm³/mol. The molecule has 4 bridgehead atoms. The zero-order chi connectivity index (χ0) is 12.6. The standard InChI is InChI=1S/C16H20N2O/c19-14-9-5-6-11-13(14)17-8-7-16(11)10-3-1-2-4-12(10)18-15(9)16/h1-4,9,11,13-15,17-19H,5-8H2. The fourth-order valence-corrected chi connectivity index (χ4v) is 5.75. The smallest absolute Gasteiger partial charge is 0.0744 e. The Morgan fingerprint density at radius 3 is 3.05 bits per heavy atom. The molecule has 3 saturated carbocycles. The van der Waals surface area contributed by atoms with Gasteiger partial charge in [-0.25, -0.2) is 0 Å². The first-order valence-electron chi connectivity index (χ1n) is 7.60. The van der Waals surface area contributed by atoms with Crippen molar-refractivity contribution < 1.29 is 5.11 Å². The highest BCUT2D eigenvalue weighted by Gasteiger charge is 2.66. The number of aliphatic hydroxyl groups is 1. The van der Waals surface area contributed by atoms with Gasteiger partial charge in [0, 0.05) is 29.1 Å². The first-order valence-corrected chi connectivity index (χ1v) is 7.60. The van der Waals surface area contributed by atoms with Gasteiger partial charge in [-0.2, -0.15) is 0 Å². The highest BCUT2D eigenvalue weighted by Crippen LogP contribution is 2.61. The molecule has 2 heterocycles. The lowest BCUT2D eigenvalue weighted by Crippen LogP contribution is -2.73. The third kappa shape index (κ3) is 1.05. The summed E-state index contributed by atoms with van der Waals surface area (Å²) >= 11 is 0. The number of aliphatic hydroxyl groups excluding tert-OH is 1. The quantitative estimate of drug-likeness (QED) is 0.659. The minimum absolute atomic E-state index is 0.168. The topological polar surface area (TPSA) is 44.3 Å². The molecular weight excluding hydrogens is 236 g/mol. The van der Waals surface area contributed by atoms with Crippen LogP contribution in [0.25, 0.3) is 0 Å². The minimum atomic E-state index is -0.168. The number of anilines is 1. The number of para-hydroxylation sites is 1. The van der Waals surface area contributed by atoms with Gasteiger partial charge in [-0.3, -0.25) is 0 Å². The van der Waals surface area contributed by atoms with Crippen molar-refractivity contribution in [3.63, 3.8) is 0 Å². The summed E-state index contributed by atoms with van der Waals surface area (Å²) in [6, 6.07) is 9.60. The summed E-state index contributed by atoms with van der Waals surface area (Å²) in [7, 11) is 0. The van der Waals surface area contributed by atoms with E-state index in [2.05, 4.69) is 34.9 Å². The lowest BCUT2D eigenvalue weighted by atomic mass is 9.47. The Morgan fingerprint density at radius 2 is 2.11 bits per heavy atom. The highest BCUT2D eigenvalue weighted by molar-refractivity contribution is 5.64. The molecule has 3 N–H and O–H groups in total. The Hall–Kier alpha value is -1.06. The number of fused-ring (bicyclic) bond motifs is 2. The fraction of sp³-hybridized carbons (Fsp3) is 0.625. The molecule has 0 amide bonds. The normalized spacial score (nSPS) is 49.4. The van der Waals surface area contributed by atoms with E-state index in [-0.39, 0.29) is 11.5 Å². The first-order chi connectivity index (χ1) is 9.32. The van der Waals surface area contributed by atoms with Crippen molar-refractivity contribution in [2.24, 2.45) is 11.8 Å². The first kappa shape index (κ1) is 10.7. The van der Waals surface area contributed by atoms with Crippen LogP contribution in [0.5, 0.6) is 0 Å². The highest BCUT2D eigenvalue weighted by atomic mass is 16.3. The molecule has 3 aliphatic carbocycles. The van der Waals surface area contributed by atoms with E-state index < -0.39 is 0 Å². The zero-order valence-corrected chi connectivity index (χ0v) is 11.0. The van der Waals surface area contributed by atoms with Crippen molar-refractivity contribution in [2.45, 2.75) is 42.9 Å². The molecule has 19 heavy (non-hydrogen) atoms. The Labute approximate surface area is 113 Å². The molecule has 0 aromatic heterocycles. The van der Waals surface area contributed by atoms with E-state index >= 15 is 0 Å². The molecule has 0 radical (unpaired) electrons. The van der Waals surface area contributed by atoms with E-state index in [1.807, 2.05) is 0 Å². The van der Waals surface area contributed by atoms with E-state index in [0.717, 1.165) is 6.54 Å². The van der Waals surface area contributed by atoms with E-state index in [4.69, 9.17) is 0 Å². The van der Waals surface area contributed by atoms with Gasteiger partial charge >= 0.3 is 0 Å². The molecule has 6 rings (SSSR count). The summed E-state index contributed by atoms with van der Waals surface area (Å²) in [5, 5.41) is 18.0. The van der Waals surface area contributed by atoms with Crippen molar-refractivity contribution >= 4 is 5.69 Å². The monoisotopic (exact) mass is 256 g/mol. The van der Waals surface area contributed by atoms with Crippen LogP contribution in [-0.2, 0) is 5.41 Å². The molecule has 5 aliphatic rings. The summed E-state index contributed by atoms with van der Waals surface area (Å²) in [5.41, 5.74) is 3.13. The Kier molecular flexibility index (Phi) is 1.88. The van der Waals surface area contributed by atoms with Gasteiger partial charge in [0.1, 0.15) is 0 Å². The Balaban J connectivity index is 1.75. The van der Waals surface area contributed by atoms with Crippen LogP contribution in [0.3, 0.4) is 0 Å². The summed E-state index contributed by atoms with van der Waals surface area (Å²) in [6.45, 7) is 1.04. The van der Waals surface area contributed by atoms with E-state index in [9.17, 15) is 5.11 Å². The second-order valence-corrected chi connectivity index (χ2v) is 6.78. The van der Waals surface area contributed by atoms with E-state index in [1.165, 1.54) is 30.5 Å². The molecule has 4 fully saturated rings. The molecule has 6 unspecified atom stereocenters. The third-order valence-electron chi connectivity index (χ3n) is 6.35. The molecule has 3 heteroatoms. The van der Waals surface area contributed by atoms with Crippen LogP contribution in [0.2, 0.25) is 0 Å². The number of nitrogens with one attached hydrogen (secondary N) is 2. The van der Waals surface area contributed by atoms with Crippen LogP contribution in [-0.4, -0.2) is 29.8 Å². The van der Waals surface area contributed by atoms with E-state index in [0.29, 0.717) is 23.9 Å². The maximum absolute atomic E-state index is 10.6. The largest absolute Gasteiger partial charge is 0.391 e. The fourth-order valence-electron chi connectivity index (χ4n) is 5.75. The van der Waals surface area contributed by atoms with Crippen molar-refractivity contribution in [1.29, 1.82) is 0 Å². The zero-order valence-electron chi connectivity index (χ0n) is 11.0. The molecule has 1 spiro atoms. The van der Waals surface area contributed by atoms with Gasteiger partial charge in [0.15, 0.2) is 0 Å². The van der Waals surface area contributed by atoms with Crippen LogP contribution < -0.4 is 10.6 Å². The van der Waals surface area contributed by atoms with Crippen LogP contribution in [0.4, 0.5) is 5.69 Å². The van der Waals surface area contributed by atoms with Gasteiger partial charge in [0.05, 0.1) is 6.10 Å². The Morgan fingerprint density at radius 1 is 1.21 bits per heavy atom. The van der Waals surface area contributed by atoms with Crippen LogP contribution in [0.15, 0.2) is 24.3 Å². The van der Waals surface area contributed by atoms with Crippen molar-refractivity contribution in [1.82, 2.24) is 5.32 Å². The summed E-state index contributed by atoms with van der Waals surface area (Å²) in [5.74, 6) is 1.01. The second-order valence-electron chi connectivity index (χ2n) is 6.78. The molecule has 6 atom stereocenters. The number of piperidine rings is 1. The lowest BCUT2D eigenvalue weighted by molar-refractivity contribution is -0.100. The summed E-state index contributed by atoms with van der Waals surface area (Å²) in [6.07, 6.45) is 3.49. The lowest BCUT2D eigenvalue weighted by Gasteiger charge is -2.62. The minimum Gasteiger partial charge on any atom is -0.391 e. The van der Waals surface area contributed by atoms with Gasteiger partial charge in [0.25, 0.3) is 0 Å².